The highest BCUT2D eigenvalue weighted by atomic mass is 19.4. The van der Waals surface area contributed by atoms with E-state index in [1.54, 1.807) is 66.9 Å². The van der Waals surface area contributed by atoms with E-state index >= 15 is 0 Å². The van der Waals surface area contributed by atoms with Crippen LogP contribution in [-0.4, -0.2) is 22.0 Å². The molecule has 5 nitrogen and oxygen atoms in total. The highest BCUT2D eigenvalue weighted by molar-refractivity contribution is 5.76. The molecule has 29 heavy (non-hydrogen) atoms. The maximum atomic E-state index is 12.9. The number of halogens is 3. The fourth-order valence-electron chi connectivity index (χ4n) is 2.79. The predicted octanol–water partition coefficient (Wildman–Crippen LogP) is 5.60. The van der Waals surface area contributed by atoms with Gasteiger partial charge in [0.1, 0.15) is 5.75 Å². The van der Waals surface area contributed by atoms with E-state index in [9.17, 15) is 13.2 Å². The largest absolute Gasteiger partial charge is 0.424 e. The molecule has 2 aromatic heterocycles. The summed E-state index contributed by atoms with van der Waals surface area (Å²) in [5.74, 6) is 0.509. The van der Waals surface area contributed by atoms with Crippen LogP contribution in [-0.2, 0) is 6.18 Å². The maximum absolute atomic E-state index is 12.9. The van der Waals surface area contributed by atoms with Gasteiger partial charge >= 0.3 is 12.2 Å². The lowest BCUT2D eigenvalue weighted by molar-refractivity contribution is -0.137. The van der Waals surface area contributed by atoms with Crippen molar-refractivity contribution in [1.29, 1.82) is 0 Å². The van der Waals surface area contributed by atoms with Gasteiger partial charge in [-0.05, 0) is 48.5 Å². The molecule has 0 fully saturated rings. The summed E-state index contributed by atoms with van der Waals surface area (Å²) >= 11 is 0. The van der Waals surface area contributed by atoms with Crippen LogP contribution in [0.3, 0.4) is 0 Å². The second-order valence-electron chi connectivity index (χ2n) is 6.29. The van der Waals surface area contributed by atoms with Gasteiger partial charge in [0.25, 0.3) is 0 Å². The van der Waals surface area contributed by atoms with Gasteiger partial charge < -0.3 is 9.64 Å². The number of fused-ring (bicyclic) bond motifs is 1. The van der Waals surface area contributed by atoms with Gasteiger partial charge in [0.05, 0.1) is 17.3 Å². The number of hydrogen-bond acceptors (Lipinski definition) is 5. The van der Waals surface area contributed by atoms with Crippen molar-refractivity contribution >= 4 is 22.3 Å². The minimum atomic E-state index is -4.38. The van der Waals surface area contributed by atoms with Crippen molar-refractivity contribution in [2.45, 2.75) is 6.18 Å². The SMILES string of the molecule is CN(c1ccc(Oc2ncc3ccncc3n2)cc1)c1cccc(C(F)(F)F)c1. The summed E-state index contributed by atoms with van der Waals surface area (Å²) in [6, 6.07) is 14.1. The lowest BCUT2D eigenvalue weighted by atomic mass is 10.1. The van der Waals surface area contributed by atoms with E-state index in [4.69, 9.17) is 4.74 Å². The molecule has 0 aliphatic carbocycles. The Hall–Kier alpha value is -3.68. The number of benzene rings is 2. The standard InChI is InChI=1S/C21H15F3N4O/c1-28(17-4-2-3-15(11-17)21(22,23)24)16-5-7-18(8-6-16)29-20-26-12-14-9-10-25-13-19(14)27-20/h2-13H,1H3. The molecule has 0 atom stereocenters. The Kier molecular flexibility index (Phi) is 4.75. The number of pyridine rings is 1. The summed E-state index contributed by atoms with van der Waals surface area (Å²) in [4.78, 5) is 14.1. The van der Waals surface area contributed by atoms with Gasteiger partial charge in [-0.3, -0.25) is 4.98 Å². The molecule has 4 rings (SSSR count). The molecular weight excluding hydrogens is 381 g/mol. The van der Waals surface area contributed by atoms with Crippen molar-refractivity contribution in [3.05, 3.63) is 78.8 Å². The molecule has 0 spiro atoms. The van der Waals surface area contributed by atoms with Crippen LogP contribution in [0, 0.1) is 0 Å². The first-order valence-corrected chi connectivity index (χ1v) is 8.66. The fraction of sp³-hybridized carbons (Fsp3) is 0.0952. The Labute approximate surface area is 164 Å². The summed E-state index contributed by atoms with van der Waals surface area (Å²) in [7, 11) is 1.70. The van der Waals surface area contributed by atoms with Crippen LogP contribution in [0.25, 0.3) is 10.9 Å². The molecule has 0 aliphatic heterocycles. The van der Waals surface area contributed by atoms with Crippen LogP contribution < -0.4 is 9.64 Å². The third-order valence-electron chi connectivity index (χ3n) is 4.36. The maximum Gasteiger partial charge on any atom is 0.416 e. The molecule has 0 amide bonds. The molecule has 0 bridgehead atoms. The number of rotatable bonds is 4. The number of ether oxygens (including phenoxy) is 1. The van der Waals surface area contributed by atoms with Crippen LogP contribution in [0.5, 0.6) is 11.8 Å². The lowest BCUT2D eigenvalue weighted by Gasteiger charge is -2.21. The molecule has 8 heteroatoms. The molecule has 0 N–H and O–H groups in total. The third-order valence-corrected chi connectivity index (χ3v) is 4.36. The molecule has 0 saturated heterocycles. The van der Waals surface area contributed by atoms with Crippen LogP contribution in [0.15, 0.2) is 73.2 Å². The van der Waals surface area contributed by atoms with Gasteiger partial charge in [0, 0.05) is 36.2 Å². The first-order chi connectivity index (χ1) is 13.9. The summed E-state index contributed by atoms with van der Waals surface area (Å²) in [6.45, 7) is 0. The van der Waals surface area contributed by atoms with E-state index in [-0.39, 0.29) is 6.01 Å². The first kappa shape index (κ1) is 18.7. The topological polar surface area (TPSA) is 51.1 Å². The van der Waals surface area contributed by atoms with Crippen LogP contribution in [0.4, 0.5) is 24.5 Å². The van der Waals surface area contributed by atoms with Gasteiger partial charge in [-0.2, -0.15) is 18.2 Å². The Balaban J connectivity index is 1.52. The Bertz CT molecular complexity index is 1150. The van der Waals surface area contributed by atoms with Gasteiger partial charge in [0.2, 0.25) is 0 Å². The number of nitrogens with zero attached hydrogens (tertiary/aromatic N) is 4. The third kappa shape index (κ3) is 4.11. The summed E-state index contributed by atoms with van der Waals surface area (Å²) in [5, 5.41) is 0.852. The minimum Gasteiger partial charge on any atom is -0.424 e. The van der Waals surface area contributed by atoms with Crippen molar-refractivity contribution in [3.63, 3.8) is 0 Å². The molecular formula is C21H15F3N4O. The van der Waals surface area contributed by atoms with E-state index < -0.39 is 11.7 Å². The van der Waals surface area contributed by atoms with E-state index in [2.05, 4.69) is 15.0 Å². The molecule has 2 aromatic carbocycles. The zero-order valence-corrected chi connectivity index (χ0v) is 15.3. The normalized spacial score (nSPS) is 11.4. The monoisotopic (exact) mass is 396 g/mol. The zero-order valence-electron chi connectivity index (χ0n) is 15.3. The molecule has 0 saturated carbocycles. The van der Waals surface area contributed by atoms with Gasteiger partial charge in [-0.25, -0.2) is 4.98 Å². The molecule has 0 aliphatic rings. The van der Waals surface area contributed by atoms with E-state index in [1.807, 2.05) is 0 Å². The molecule has 146 valence electrons. The average Bonchev–Trinajstić information content (AvgIpc) is 2.73. The van der Waals surface area contributed by atoms with Crippen molar-refractivity contribution in [1.82, 2.24) is 15.0 Å². The van der Waals surface area contributed by atoms with E-state index in [0.717, 1.165) is 17.5 Å². The predicted molar refractivity (Wildman–Crippen MR) is 103 cm³/mol. The minimum absolute atomic E-state index is 0.185. The van der Waals surface area contributed by atoms with Gasteiger partial charge in [-0.15, -0.1) is 0 Å². The second kappa shape index (κ2) is 7.38. The Morgan fingerprint density at radius 3 is 2.48 bits per heavy atom. The van der Waals surface area contributed by atoms with Gasteiger partial charge in [0.15, 0.2) is 0 Å². The summed E-state index contributed by atoms with van der Waals surface area (Å²) in [5.41, 5.74) is 1.11. The quantitative estimate of drug-likeness (QED) is 0.449. The summed E-state index contributed by atoms with van der Waals surface area (Å²) < 4.78 is 44.5. The zero-order chi connectivity index (χ0) is 20.4. The van der Waals surface area contributed by atoms with Crippen LogP contribution >= 0.6 is 0 Å². The lowest BCUT2D eigenvalue weighted by Crippen LogP contribution is -2.11. The van der Waals surface area contributed by atoms with Crippen molar-refractivity contribution in [2.24, 2.45) is 0 Å². The fourth-order valence-corrected chi connectivity index (χ4v) is 2.79. The Morgan fingerprint density at radius 1 is 0.931 bits per heavy atom. The number of alkyl halides is 3. The van der Waals surface area contributed by atoms with Crippen LogP contribution in [0.2, 0.25) is 0 Å². The number of hydrogen-bond donors (Lipinski definition) is 0. The molecule has 2 heterocycles. The molecule has 4 aromatic rings. The average molecular weight is 396 g/mol. The van der Waals surface area contributed by atoms with Crippen molar-refractivity contribution in [3.8, 4) is 11.8 Å². The number of anilines is 2. The first-order valence-electron chi connectivity index (χ1n) is 8.66. The highest BCUT2D eigenvalue weighted by Gasteiger charge is 2.30. The van der Waals surface area contributed by atoms with E-state index in [1.165, 1.54) is 6.07 Å². The number of aromatic nitrogens is 3. The van der Waals surface area contributed by atoms with E-state index in [0.29, 0.717) is 22.6 Å². The van der Waals surface area contributed by atoms with Crippen LogP contribution in [0.1, 0.15) is 5.56 Å². The second-order valence-corrected chi connectivity index (χ2v) is 6.29. The van der Waals surface area contributed by atoms with Crippen molar-refractivity contribution < 1.29 is 17.9 Å². The van der Waals surface area contributed by atoms with Gasteiger partial charge in [-0.1, -0.05) is 6.07 Å². The Morgan fingerprint density at radius 2 is 1.72 bits per heavy atom. The molecule has 0 unspecified atom stereocenters. The van der Waals surface area contributed by atoms with Crippen molar-refractivity contribution in [2.75, 3.05) is 11.9 Å². The smallest absolute Gasteiger partial charge is 0.416 e. The molecule has 0 radical (unpaired) electrons. The highest BCUT2D eigenvalue weighted by Crippen LogP contribution is 2.33. The summed E-state index contributed by atoms with van der Waals surface area (Å²) in [6.07, 6.45) is 0.544.